The first-order valence-corrected chi connectivity index (χ1v) is 12.2. The van der Waals surface area contributed by atoms with Gasteiger partial charge in [0.25, 0.3) is 0 Å². The molecule has 0 aromatic heterocycles. The van der Waals surface area contributed by atoms with E-state index in [4.69, 9.17) is 0 Å². The molecule has 0 fully saturated rings. The molecule has 0 spiro atoms. The van der Waals surface area contributed by atoms with E-state index in [1.54, 1.807) is 6.07 Å². The number of carbonyl (C=O) groups is 1. The van der Waals surface area contributed by atoms with Gasteiger partial charge in [0, 0.05) is 13.0 Å². The lowest BCUT2D eigenvalue weighted by Crippen LogP contribution is -2.33. The van der Waals surface area contributed by atoms with E-state index < -0.39 is 15.8 Å². The van der Waals surface area contributed by atoms with Crippen LogP contribution in [0.3, 0.4) is 0 Å². The molecular formula is C25H27FN2O3S. The molecule has 3 aromatic rings. The number of amides is 1. The van der Waals surface area contributed by atoms with Gasteiger partial charge in [-0.25, -0.2) is 12.8 Å². The number of hydrogen-bond acceptors (Lipinski definition) is 3. The first-order chi connectivity index (χ1) is 15.3. The summed E-state index contributed by atoms with van der Waals surface area (Å²) >= 11 is 0. The van der Waals surface area contributed by atoms with Gasteiger partial charge in [-0.15, -0.1) is 0 Å². The summed E-state index contributed by atoms with van der Waals surface area (Å²) in [6.07, 6.45) is 1.39. The normalized spacial score (nSPS) is 12.2. The third kappa shape index (κ3) is 6.17. The molecule has 3 rings (SSSR count). The summed E-state index contributed by atoms with van der Waals surface area (Å²) < 4.78 is 39.5. The second-order valence-corrected chi connectivity index (χ2v) is 9.62. The summed E-state index contributed by atoms with van der Waals surface area (Å²) in [5.74, 6) is -0.827. The van der Waals surface area contributed by atoms with Crippen molar-refractivity contribution in [2.45, 2.75) is 25.8 Å². The highest BCUT2D eigenvalue weighted by Crippen LogP contribution is 2.24. The first kappa shape index (κ1) is 23.5. The molecule has 0 unspecified atom stereocenters. The van der Waals surface area contributed by atoms with Gasteiger partial charge >= 0.3 is 0 Å². The first-order valence-electron chi connectivity index (χ1n) is 10.4. The Morgan fingerprint density at radius 1 is 0.938 bits per heavy atom. The molecule has 1 amide bonds. The van der Waals surface area contributed by atoms with Crippen LogP contribution in [0.5, 0.6) is 0 Å². The zero-order valence-corrected chi connectivity index (χ0v) is 19.0. The molecule has 3 aromatic carbocycles. The maximum Gasteiger partial charge on any atom is 0.232 e. The molecule has 0 saturated carbocycles. The van der Waals surface area contributed by atoms with Crippen molar-refractivity contribution < 1.29 is 17.6 Å². The van der Waals surface area contributed by atoms with Gasteiger partial charge in [0.05, 0.1) is 18.0 Å². The number of nitrogens with one attached hydrogen (secondary N) is 1. The zero-order valence-electron chi connectivity index (χ0n) is 18.2. The van der Waals surface area contributed by atoms with E-state index in [2.05, 4.69) is 5.32 Å². The second-order valence-electron chi connectivity index (χ2n) is 7.71. The lowest BCUT2D eigenvalue weighted by atomic mass is 9.97. The van der Waals surface area contributed by atoms with Gasteiger partial charge in [0.1, 0.15) is 5.82 Å². The van der Waals surface area contributed by atoms with Crippen LogP contribution >= 0.6 is 0 Å². The van der Waals surface area contributed by atoms with E-state index >= 15 is 0 Å². The number of sulfonamides is 1. The minimum absolute atomic E-state index is 0.00766. The minimum Gasteiger partial charge on any atom is -0.345 e. The SMILES string of the molecule is Cc1ccc([C@@H](NC(=O)CCCN(c2ccccc2F)S(C)(=O)=O)c2ccccc2)cc1. The van der Waals surface area contributed by atoms with E-state index in [-0.39, 0.29) is 37.0 Å². The van der Waals surface area contributed by atoms with Crippen LogP contribution in [0.2, 0.25) is 0 Å². The molecule has 7 heteroatoms. The molecular weight excluding hydrogens is 427 g/mol. The molecule has 0 bridgehead atoms. The van der Waals surface area contributed by atoms with Crippen molar-refractivity contribution in [3.8, 4) is 0 Å². The topological polar surface area (TPSA) is 66.5 Å². The van der Waals surface area contributed by atoms with Crippen LogP contribution in [0.4, 0.5) is 10.1 Å². The number of nitrogens with zero attached hydrogens (tertiary/aromatic N) is 1. The number of aryl methyl sites for hydroxylation is 1. The molecule has 5 nitrogen and oxygen atoms in total. The second kappa shape index (κ2) is 10.4. The largest absolute Gasteiger partial charge is 0.345 e. The van der Waals surface area contributed by atoms with E-state index in [1.165, 1.54) is 18.2 Å². The molecule has 0 radical (unpaired) electrons. The van der Waals surface area contributed by atoms with Crippen LogP contribution < -0.4 is 9.62 Å². The lowest BCUT2D eigenvalue weighted by Gasteiger charge is -2.23. The third-order valence-electron chi connectivity index (χ3n) is 5.14. The third-order valence-corrected chi connectivity index (χ3v) is 6.32. The van der Waals surface area contributed by atoms with Gasteiger partial charge in [-0.1, -0.05) is 72.3 Å². The standard InChI is InChI=1S/C25H27FN2O3S/c1-19-14-16-21(17-15-19)25(20-9-4-3-5-10-20)27-24(29)13-8-18-28(32(2,30)31)23-12-7-6-11-22(23)26/h3-7,9-12,14-17,25H,8,13,18H2,1-2H3,(H,27,29)/t25-/m0/s1. The predicted molar refractivity (Wildman–Crippen MR) is 125 cm³/mol. The Morgan fingerprint density at radius 2 is 1.53 bits per heavy atom. The number of halogens is 1. The average Bonchev–Trinajstić information content (AvgIpc) is 2.76. The maximum atomic E-state index is 14.1. The number of hydrogen-bond donors (Lipinski definition) is 1. The van der Waals surface area contributed by atoms with Crippen molar-refractivity contribution in [2.24, 2.45) is 0 Å². The van der Waals surface area contributed by atoms with Gasteiger partial charge in [-0.05, 0) is 36.6 Å². The van der Waals surface area contributed by atoms with E-state index in [1.807, 2.05) is 61.5 Å². The Bertz CT molecular complexity index is 1150. The maximum absolute atomic E-state index is 14.1. The van der Waals surface area contributed by atoms with E-state index in [0.717, 1.165) is 27.3 Å². The van der Waals surface area contributed by atoms with Crippen molar-refractivity contribution in [3.05, 3.63) is 101 Å². The van der Waals surface area contributed by atoms with Crippen molar-refractivity contribution >= 4 is 21.6 Å². The smallest absolute Gasteiger partial charge is 0.232 e. The fraction of sp³-hybridized carbons (Fsp3) is 0.240. The van der Waals surface area contributed by atoms with Crippen LogP contribution in [0.15, 0.2) is 78.9 Å². The van der Waals surface area contributed by atoms with Gasteiger partial charge in [-0.2, -0.15) is 0 Å². The Balaban J connectivity index is 1.70. The van der Waals surface area contributed by atoms with Gasteiger partial charge < -0.3 is 5.32 Å². The van der Waals surface area contributed by atoms with Crippen molar-refractivity contribution in [2.75, 3.05) is 17.1 Å². The summed E-state index contributed by atoms with van der Waals surface area (Å²) in [5.41, 5.74) is 3.02. The highest BCUT2D eigenvalue weighted by Gasteiger charge is 2.21. The van der Waals surface area contributed by atoms with Crippen molar-refractivity contribution in [3.63, 3.8) is 0 Å². The van der Waals surface area contributed by atoms with E-state index in [9.17, 15) is 17.6 Å². The summed E-state index contributed by atoms with van der Waals surface area (Å²) in [4.78, 5) is 12.7. The lowest BCUT2D eigenvalue weighted by molar-refractivity contribution is -0.121. The molecule has 0 saturated heterocycles. The Labute approximate surface area is 188 Å². The van der Waals surface area contributed by atoms with Crippen LogP contribution in [-0.2, 0) is 14.8 Å². The quantitative estimate of drug-likeness (QED) is 0.514. The molecule has 0 aliphatic heterocycles. The number of para-hydroxylation sites is 1. The highest BCUT2D eigenvalue weighted by atomic mass is 32.2. The Hall–Kier alpha value is -3.19. The summed E-state index contributed by atoms with van der Waals surface area (Å²) in [5, 5.41) is 3.05. The summed E-state index contributed by atoms with van der Waals surface area (Å²) in [6.45, 7) is 2.01. The molecule has 168 valence electrons. The monoisotopic (exact) mass is 454 g/mol. The number of benzene rings is 3. The molecule has 1 atom stereocenters. The molecule has 1 N–H and O–H groups in total. The number of carbonyl (C=O) groups excluding carboxylic acids is 1. The van der Waals surface area contributed by atoms with Crippen molar-refractivity contribution in [1.82, 2.24) is 5.32 Å². The molecule has 0 heterocycles. The number of anilines is 1. The van der Waals surface area contributed by atoms with Crippen LogP contribution in [-0.4, -0.2) is 27.1 Å². The van der Waals surface area contributed by atoms with Crippen LogP contribution in [0, 0.1) is 12.7 Å². The summed E-state index contributed by atoms with van der Waals surface area (Å²) in [6, 6.07) is 23.0. The average molecular weight is 455 g/mol. The Morgan fingerprint density at radius 3 is 2.16 bits per heavy atom. The predicted octanol–water partition coefficient (Wildman–Crippen LogP) is 4.59. The van der Waals surface area contributed by atoms with Crippen molar-refractivity contribution in [1.29, 1.82) is 0 Å². The number of rotatable bonds is 9. The molecule has 0 aliphatic rings. The summed E-state index contributed by atoms with van der Waals surface area (Å²) in [7, 11) is -3.69. The molecule has 32 heavy (non-hydrogen) atoms. The Kier molecular flexibility index (Phi) is 7.64. The van der Waals surface area contributed by atoms with Gasteiger partial charge in [0.2, 0.25) is 15.9 Å². The van der Waals surface area contributed by atoms with Gasteiger partial charge in [-0.3, -0.25) is 9.10 Å². The van der Waals surface area contributed by atoms with E-state index in [0.29, 0.717) is 0 Å². The molecule has 0 aliphatic carbocycles. The highest BCUT2D eigenvalue weighted by molar-refractivity contribution is 7.92. The van der Waals surface area contributed by atoms with Crippen LogP contribution in [0.1, 0.15) is 35.6 Å². The van der Waals surface area contributed by atoms with Gasteiger partial charge in [0.15, 0.2) is 0 Å². The zero-order chi connectivity index (χ0) is 23.1. The minimum atomic E-state index is -3.69. The van der Waals surface area contributed by atoms with Crippen LogP contribution in [0.25, 0.3) is 0 Å². The fourth-order valence-corrected chi connectivity index (χ4v) is 4.46. The fourth-order valence-electron chi connectivity index (χ4n) is 3.50.